The van der Waals surface area contributed by atoms with Gasteiger partial charge in [-0.05, 0) is 92.6 Å². The second-order valence-electron chi connectivity index (χ2n) is 10.4. The van der Waals surface area contributed by atoms with Crippen LogP contribution in [0.15, 0.2) is 24.5 Å². The summed E-state index contributed by atoms with van der Waals surface area (Å²) in [6.45, 7) is 2.30. The van der Waals surface area contributed by atoms with E-state index < -0.39 is 0 Å². The number of hydrogen-bond donors (Lipinski definition) is 1. The average molecular weight is 396 g/mol. The molecule has 1 aliphatic heterocycles. The van der Waals surface area contributed by atoms with Gasteiger partial charge in [-0.15, -0.1) is 0 Å². The monoisotopic (exact) mass is 395 g/mol. The minimum Gasteiger partial charge on any atom is -0.356 e. The highest BCUT2D eigenvalue weighted by atomic mass is 16.2. The minimum absolute atomic E-state index is 0.0717. The molecule has 6 rings (SSSR count). The van der Waals surface area contributed by atoms with Crippen LogP contribution in [0, 0.1) is 29.1 Å². The van der Waals surface area contributed by atoms with E-state index >= 15 is 0 Å². The van der Waals surface area contributed by atoms with Crippen molar-refractivity contribution in [1.82, 2.24) is 15.2 Å². The quantitative estimate of drug-likeness (QED) is 0.828. The highest BCUT2D eigenvalue weighted by Gasteiger charge is 2.51. The van der Waals surface area contributed by atoms with Gasteiger partial charge in [0.25, 0.3) is 5.91 Å². The van der Waals surface area contributed by atoms with Crippen molar-refractivity contribution in [3.05, 3.63) is 30.1 Å². The molecule has 1 aromatic heterocycles. The van der Waals surface area contributed by atoms with Crippen molar-refractivity contribution in [3.63, 3.8) is 0 Å². The molecule has 0 spiro atoms. The van der Waals surface area contributed by atoms with Crippen LogP contribution in [0.3, 0.4) is 0 Å². The first-order valence-corrected chi connectivity index (χ1v) is 11.5. The number of piperidine rings is 1. The van der Waals surface area contributed by atoms with Crippen LogP contribution in [0.1, 0.15) is 68.1 Å². The third-order valence-corrected chi connectivity index (χ3v) is 8.10. The third kappa shape index (κ3) is 4.06. The lowest BCUT2D eigenvalue weighted by molar-refractivity contribution is -0.129. The Balaban J connectivity index is 1.07. The zero-order valence-electron chi connectivity index (χ0n) is 17.3. The maximum atomic E-state index is 12.7. The molecular formula is C24H33N3O2. The molecule has 5 heteroatoms. The van der Waals surface area contributed by atoms with E-state index in [4.69, 9.17) is 0 Å². The summed E-state index contributed by atoms with van der Waals surface area (Å²) in [5, 5.41) is 3.25. The maximum Gasteiger partial charge on any atom is 0.255 e. The molecule has 1 saturated heterocycles. The van der Waals surface area contributed by atoms with Crippen LogP contribution in [-0.2, 0) is 4.79 Å². The lowest BCUT2D eigenvalue weighted by Crippen LogP contribution is -2.48. The Bertz CT molecular complexity index is 719. The predicted octanol–water partition coefficient (Wildman–Crippen LogP) is 3.66. The number of nitrogens with zero attached hydrogens (tertiary/aromatic N) is 2. The summed E-state index contributed by atoms with van der Waals surface area (Å²) in [6.07, 6.45) is 14.2. The van der Waals surface area contributed by atoms with Gasteiger partial charge < -0.3 is 10.2 Å². The van der Waals surface area contributed by atoms with Crippen molar-refractivity contribution >= 4 is 11.8 Å². The zero-order valence-corrected chi connectivity index (χ0v) is 17.3. The molecule has 4 saturated carbocycles. The highest BCUT2D eigenvalue weighted by molar-refractivity contribution is 5.93. The summed E-state index contributed by atoms with van der Waals surface area (Å²) >= 11 is 0. The number of rotatable bonds is 5. The smallest absolute Gasteiger partial charge is 0.255 e. The summed E-state index contributed by atoms with van der Waals surface area (Å²) in [4.78, 5) is 31.3. The molecule has 0 unspecified atom stereocenters. The SMILES string of the molecule is O=C(CC12CC3CC(CC(C3)C1)C2)NCC1CCN(C(=O)c2cccnc2)CC1. The first kappa shape index (κ1) is 19.1. The van der Waals surface area contributed by atoms with Gasteiger partial charge in [0, 0.05) is 38.4 Å². The minimum atomic E-state index is 0.0717. The molecule has 156 valence electrons. The van der Waals surface area contributed by atoms with Crippen molar-refractivity contribution in [3.8, 4) is 0 Å². The Morgan fingerprint density at radius 1 is 1.07 bits per heavy atom. The Morgan fingerprint density at radius 3 is 2.31 bits per heavy atom. The fourth-order valence-electron chi connectivity index (χ4n) is 7.18. The lowest BCUT2D eigenvalue weighted by atomic mass is 9.49. The van der Waals surface area contributed by atoms with E-state index in [0.717, 1.165) is 56.7 Å². The zero-order chi connectivity index (χ0) is 19.8. The Morgan fingerprint density at radius 2 is 1.72 bits per heavy atom. The van der Waals surface area contributed by atoms with Crippen molar-refractivity contribution in [1.29, 1.82) is 0 Å². The number of pyridine rings is 1. The number of amides is 2. The average Bonchev–Trinajstić information content (AvgIpc) is 2.71. The third-order valence-electron chi connectivity index (χ3n) is 8.10. The predicted molar refractivity (Wildman–Crippen MR) is 111 cm³/mol. The van der Waals surface area contributed by atoms with Gasteiger partial charge in [-0.25, -0.2) is 0 Å². The molecule has 1 N–H and O–H groups in total. The molecule has 4 aliphatic carbocycles. The summed E-state index contributed by atoms with van der Waals surface area (Å²) in [5.74, 6) is 3.51. The van der Waals surface area contributed by atoms with Crippen molar-refractivity contribution < 1.29 is 9.59 Å². The van der Waals surface area contributed by atoms with Crippen LogP contribution < -0.4 is 5.32 Å². The molecule has 5 aliphatic rings. The van der Waals surface area contributed by atoms with Gasteiger partial charge in [0.1, 0.15) is 0 Å². The molecule has 5 fully saturated rings. The summed E-state index contributed by atoms with van der Waals surface area (Å²) in [6, 6.07) is 3.63. The fourth-order valence-corrected chi connectivity index (χ4v) is 7.18. The molecule has 0 atom stereocenters. The number of hydrogen-bond acceptors (Lipinski definition) is 3. The number of likely N-dealkylation sites (tertiary alicyclic amines) is 1. The Kier molecular flexibility index (Phi) is 5.09. The van der Waals surface area contributed by atoms with Gasteiger partial charge in [-0.1, -0.05) is 0 Å². The van der Waals surface area contributed by atoms with E-state index in [1.54, 1.807) is 18.5 Å². The molecule has 5 nitrogen and oxygen atoms in total. The van der Waals surface area contributed by atoms with E-state index in [0.29, 0.717) is 16.9 Å². The normalized spacial score (nSPS) is 33.7. The summed E-state index contributed by atoms with van der Waals surface area (Å²) < 4.78 is 0. The number of aromatic nitrogens is 1. The van der Waals surface area contributed by atoms with E-state index in [1.165, 1.54) is 38.5 Å². The van der Waals surface area contributed by atoms with Gasteiger partial charge in [-0.3, -0.25) is 14.6 Å². The fraction of sp³-hybridized carbons (Fsp3) is 0.708. The van der Waals surface area contributed by atoms with Crippen LogP contribution in [0.4, 0.5) is 0 Å². The first-order valence-electron chi connectivity index (χ1n) is 11.5. The van der Waals surface area contributed by atoms with Crippen LogP contribution in [-0.4, -0.2) is 41.3 Å². The van der Waals surface area contributed by atoms with Crippen molar-refractivity contribution in [2.24, 2.45) is 29.1 Å². The number of carbonyl (C=O) groups excluding carboxylic acids is 2. The van der Waals surface area contributed by atoms with Crippen molar-refractivity contribution in [2.45, 2.75) is 57.8 Å². The van der Waals surface area contributed by atoms with E-state index in [1.807, 2.05) is 11.0 Å². The van der Waals surface area contributed by atoms with E-state index in [9.17, 15) is 9.59 Å². The molecule has 2 heterocycles. The van der Waals surface area contributed by atoms with Crippen LogP contribution in [0.2, 0.25) is 0 Å². The standard InChI is InChI=1S/C24H33N3O2/c28-22(14-24-11-18-8-19(12-24)10-20(9-18)13-24)26-15-17-3-6-27(7-4-17)23(29)21-2-1-5-25-16-21/h1-2,5,16-20H,3-4,6-15H2,(H,26,28). The Hall–Kier alpha value is -1.91. The number of nitrogens with one attached hydrogen (secondary N) is 1. The molecular weight excluding hydrogens is 362 g/mol. The highest BCUT2D eigenvalue weighted by Crippen LogP contribution is 2.61. The summed E-state index contributed by atoms with van der Waals surface area (Å²) in [5.41, 5.74) is 0.980. The van der Waals surface area contributed by atoms with Gasteiger partial charge in [0.05, 0.1) is 5.56 Å². The van der Waals surface area contributed by atoms with Gasteiger partial charge in [-0.2, -0.15) is 0 Å². The molecule has 4 bridgehead atoms. The van der Waals surface area contributed by atoms with E-state index in [2.05, 4.69) is 10.3 Å². The molecule has 1 aromatic rings. The first-order chi connectivity index (χ1) is 14.1. The number of carbonyl (C=O) groups is 2. The summed E-state index contributed by atoms with van der Waals surface area (Å²) in [7, 11) is 0. The molecule has 2 amide bonds. The molecule has 0 radical (unpaired) electrons. The molecule has 29 heavy (non-hydrogen) atoms. The van der Waals surface area contributed by atoms with E-state index in [-0.39, 0.29) is 11.8 Å². The Labute approximate surface area is 173 Å². The van der Waals surface area contributed by atoms with Gasteiger partial charge in [0.2, 0.25) is 5.91 Å². The largest absolute Gasteiger partial charge is 0.356 e. The van der Waals surface area contributed by atoms with Crippen LogP contribution in [0.5, 0.6) is 0 Å². The maximum absolute atomic E-state index is 12.7. The topological polar surface area (TPSA) is 62.3 Å². The second kappa shape index (κ2) is 7.73. The lowest BCUT2D eigenvalue weighted by Gasteiger charge is -2.56. The van der Waals surface area contributed by atoms with Crippen molar-refractivity contribution in [2.75, 3.05) is 19.6 Å². The van der Waals surface area contributed by atoms with Crippen LogP contribution >= 0.6 is 0 Å². The molecule has 0 aromatic carbocycles. The van der Waals surface area contributed by atoms with Gasteiger partial charge >= 0.3 is 0 Å². The second-order valence-corrected chi connectivity index (χ2v) is 10.4. The van der Waals surface area contributed by atoms with Gasteiger partial charge in [0.15, 0.2) is 0 Å². The van der Waals surface area contributed by atoms with Crippen LogP contribution in [0.25, 0.3) is 0 Å².